The molecule has 0 saturated carbocycles. The Morgan fingerprint density at radius 2 is 2.23 bits per heavy atom. The van der Waals surface area contributed by atoms with Crippen LogP contribution in [0.4, 0.5) is 0 Å². The second-order valence-electron chi connectivity index (χ2n) is 4.98. The highest BCUT2D eigenvalue weighted by Crippen LogP contribution is 2.37. The molecule has 1 aromatic carbocycles. The number of nitrogens with one attached hydrogen (secondary N) is 1. The van der Waals surface area contributed by atoms with E-state index in [2.05, 4.69) is 15.4 Å². The quantitative estimate of drug-likeness (QED) is 0.868. The Bertz CT molecular complexity index is 663. The van der Waals surface area contributed by atoms with Crippen molar-refractivity contribution in [2.24, 2.45) is 5.92 Å². The lowest BCUT2D eigenvalue weighted by Crippen LogP contribution is -2.45. The number of hydrogen-bond donors (Lipinski definition) is 2. The third-order valence-electron chi connectivity index (χ3n) is 3.62. The first-order valence-corrected chi connectivity index (χ1v) is 7.36. The van der Waals surface area contributed by atoms with Gasteiger partial charge < -0.3 is 10.4 Å². The molecule has 0 radical (unpaired) electrons. The van der Waals surface area contributed by atoms with Crippen LogP contribution >= 0.6 is 23.2 Å². The fourth-order valence-electron chi connectivity index (χ4n) is 2.29. The second-order valence-corrected chi connectivity index (χ2v) is 5.82. The number of halogens is 2. The fourth-order valence-corrected chi connectivity index (χ4v) is 2.86. The maximum absolute atomic E-state index is 12.1. The van der Waals surface area contributed by atoms with Gasteiger partial charge in [-0.3, -0.25) is 4.79 Å². The van der Waals surface area contributed by atoms with E-state index in [0.29, 0.717) is 10.6 Å². The van der Waals surface area contributed by atoms with Gasteiger partial charge in [-0.25, -0.2) is 9.67 Å². The molecule has 2 N–H and O–H groups in total. The molecule has 8 heteroatoms. The van der Waals surface area contributed by atoms with Crippen LogP contribution in [0.25, 0.3) is 0 Å². The van der Waals surface area contributed by atoms with E-state index in [9.17, 15) is 9.90 Å². The molecule has 22 heavy (non-hydrogen) atoms. The zero-order valence-corrected chi connectivity index (χ0v) is 13.6. The van der Waals surface area contributed by atoms with E-state index < -0.39 is 11.5 Å². The van der Waals surface area contributed by atoms with Gasteiger partial charge in [0.1, 0.15) is 18.3 Å². The molecule has 0 aliphatic heterocycles. The van der Waals surface area contributed by atoms with Crippen LogP contribution in [-0.4, -0.2) is 32.8 Å². The Hall–Kier alpha value is -1.63. The van der Waals surface area contributed by atoms with Crippen molar-refractivity contribution in [2.45, 2.75) is 19.1 Å². The molecule has 0 spiro atoms. The predicted molar refractivity (Wildman–Crippen MR) is 83.6 cm³/mol. The van der Waals surface area contributed by atoms with Crippen molar-refractivity contribution in [3.05, 3.63) is 46.5 Å². The normalized spacial score (nSPS) is 15.1. The van der Waals surface area contributed by atoms with E-state index in [4.69, 9.17) is 23.2 Å². The molecule has 0 aliphatic rings. The Labute approximate surface area is 138 Å². The van der Waals surface area contributed by atoms with Gasteiger partial charge in [0.05, 0.1) is 12.5 Å². The molecule has 1 heterocycles. The number of benzene rings is 1. The highest BCUT2D eigenvalue weighted by atomic mass is 35.5. The van der Waals surface area contributed by atoms with Crippen molar-refractivity contribution in [3.63, 3.8) is 0 Å². The van der Waals surface area contributed by atoms with E-state index in [1.807, 2.05) is 0 Å². The standard InChI is InChI=1S/C14H16Cl2N4O2/c1-9(13(21)17-2)14(22,6-20-8-18-7-19-20)11-4-3-10(15)5-12(11)16/h3-5,7-9,22H,6H2,1-2H3,(H,17,21)/t9-,14+/m1/s1. The molecule has 2 atom stereocenters. The second kappa shape index (κ2) is 6.64. The summed E-state index contributed by atoms with van der Waals surface area (Å²) in [6.45, 7) is 1.66. The van der Waals surface area contributed by atoms with E-state index >= 15 is 0 Å². The Balaban J connectivity index is 2.50. The molecule has 0 bridgehead atoms. The first-order chi connectivity index (χ1) is 10.4. The summed E-state index contributed by atoms with van der Waals surface area (Å²) in [5.74, 6) is -1.07. The minimum Gasteiger partial charge on any atom is -0.382 e. The number of carbonyl (C=O) groups is 1. The SMILES string of the molecule is CNC(=O)[C@@H](C)[C@@](O)(Cn1cncn1)c1ccc(Cl)cc1Cl. The molecule has 0 fully saturated rings. The molecule has 6 nitrogen and oxygen atoms in total. The van der Waals surface area contributed by atoms with Crippen LogP contribution in [0.15, 0.2) is 30.9 Å². The number of aliphatic hydroxyl groups is 1. The maximum Gasteiger partial charge on any atom is 0.225 e. The van der Waals surface area contributed by atoms with Crippen molar-refractivity contribution in [2.75, 3.05) is 7.05 Å². The van der Waals surface area contributed by atoms with Gasteiger partial charge in [0, 0.05) is 22.7 Å². The van der Waals surface area contributed by atoms with Gasteiger partial charge in [0.2, 0.25) is 5.91 Å². The molecule has 0 aliphatic carbocycles. The predicted octanol–water partition coefficient (Wildman–Crippen LogP) is 1.85. The zero-order valence-electron chi connectivity index (χ0n) is 12.1. The van der Waals surface area contributed by atoms with Crippen LogP contribution < -0.4 is 5.32 Å². The molecule has 0 saturated heterocycles. The van der Waals surface area contributed by atoms with E-state index in [1.165, 1.54) is 30.5 Å². The first-order valence-electron chi connectivity index (χ1n) is 6.60. The number of nitrogens with zero attached hydrogens (tertiary/aromatic N) is 3. The number of aromatic nitrogens is 3. The Kier molecular flexibility index (Phi) is 5.05. The molecular formula is C14H16Cl2N4O2. The Morgan fingerprint density at radius 1 is 1.50 bits per heavy atom. The van der Waals surface area contributed by atoms with E-state index in [1.54, 1.807) is 19.1 Å². The van der Waals surface area contributed by atoms with Crippen molar-refractivity contribution < 1.29 is 9.90 Å². The highest BCUT2D eigenvalue weighted by Gasteiger charge is 2.41. The molecule has 118 valence electrons. The van der Waals surface area contributed by atoms with Gasteiger partial charge in [-0.15, -0.1) is 0 Å². The number of rotatable bonds is 5. The molecule has 1 aromatic heterocycles. The van der Waals surface area contributed by atoms with Crippen molar-refractivity contribution in [1.29, 1.82) is 0 Å². The van der Waals surface area contributed by atoms with Gasteiger partial charge in [-0.1, -0.05) is 36.2 Å². The van der Waals surface area contributed by atoms with Crippen LogP contribution in [0.3, 0.4) is 0 Å². The summed E-state index contributed by atoms with van der Waals surface area (Å²) in [4.78, 5) is 15.9. The third kappa shape index (κ3) is 3.24. The lowest BCUT2D eigenvalue weighted by Gasteiger charge is -2.34. The smallest absolute Gasteiger partial charge is 0.225 e. The van der Waals surface area contributed by atoms with Crippen LogP contribution in [0.2, 0.25) is 10.0 Å². The Morgan fingerprint density at radius 3 is 2.77 bits per heavy atom. The van der Waals surface area contributed by atoms with Crippen LogP contribution in [-0.2, 0) is 16.9 Å². The summed E-state index contributed by atoms with van der Waals surface area (Å²) >= 11 is 12.1. The van der Waals surface area contributed by atoms with Crippen molar-refractivity contribution in [3.8, 4) is 0 Å². The lowest BCUT2D eigenvalue weighted by atomic mass is 9.81. The summed E-state index contributed by atoms with van der Waals surface area (Å²) in [6, 6.07) is 4.76. The molecule has 0 unspecified atom stereocenters. The van der Waals surface area contributed by atoms with Crippen LogP contribution in [0, 0.1) is 5.92 Å². The molecule has 2 rings (SSSR count). The van der Waals surface area contributed by atoms with Crippen molar-refractivity contribution in [1.82, 2.24) is 20.1 Å². The number of hydrogen-bond acceptors (Lipinski definition) is 4. The maximum atomic E-state index is 12.1. The summed E-state index contributed by atoms with van der Waals surface area (Å²) in [6.07, 6.45) is 2.82. The first kappa shape index (κ1) is 16.7. The lowest BCUT2D eigenvalue weighted by molar-refractivity contribution is -0.135. The minimum absolute atomic E-state index is 0.0307. The average molecular weight is 343 g/mol. The monoisotopic (exact) mass is 342 g/mol. The van der Waals surface area contributed by atoms with E-state index in [0.717, 1.165) is 0 Å². The highest BCUT2D eigenvalue weighted by molar-refractivity contribution is 6.35. The van der Waals surface area contributed by atoms with Crippen LogP contribution in [0.5, 0.6) is 0 Å². The molecule has 2 aromatic rings. The summed E-state index contributed by atoms with van der Waals surface area (Å²) < 4.78 is 1.45. The third-order valence-corrected chi connectivity index (χ3v) is 4.17. The van der Waals surface area contributed by atoms with Gasteiger partial charge >= 0.3 is 0 Å². The molecular weight excluding hydrogens is 327 g/mol. The van der Waals surface area contributed by atoms with Gasteiger partial charge in [-0.05, 0) is 12.1 Å². The summed E-state index contributed by atoms with van der Waals surface area (Å²) in [5.41, 5.74) is -1.15. The average Bonchev–Trinajstić information content (AvgIpc) is 2.98. The summed E-state index contributed by atoms with van der Waals surface area (Å²) in [5, 5.41) is 18.5. The van der Waals surface area contributed by atoms with Gasteiger partial charge in [-0.2, -0.15) is 5.10 Å². The summed E-state index contributed by atoms with van der Waals surface area (Å²) in [7, 11) is 1.51. The number of carbonyl (C=O) groups excluding carboxylic acids is 1. The number of amides is 1. The van der Waals surface area contributed by atoms with Crippen LogP contribution in [0.1, 0.15) is 12.5 Å². The fraction of sp³-hybridized carbons (Fsp3) is 0.357. The van der Waals surface area contributed by atoms with Gasteiger partial charge in [0.15, 0.2) is 0 Å². The van der Waals surface area contributed by atoms with E-state index in [-0.39, 0.29) is 17.5 Å². The van der Waals surface area contributed by atoms with Gasteiger partial charge in [0.25, 0.3) is 0 Å². The minimum atomic E-state index is -1.56. The van der Waals surface area contributed by atoms with Crippen molar-refractivity contribution >= 4 is 29.1 Å². The zero-order chi connectivity index (χ0) is 16.3. The molecule has 1 amide bonds. The topological polar surface area (TPSA) is 80.0 Å². The largest absolute Gasteiger partial charge is 0.382 e.